The van der Waals surface area contributed by atoms with Crippen molar-refractivity contribution in [1.82, 2.24) is 0 Å². The lowest BCUT2D eigenvalue weighted by Crippen LogP contribution is -2.30. The molecule has 0 aromatic carbocycles. The van der Waals surface area contributed by atoms with E-state index in [1.54, 1.807) is 0 Å². The van der Waals surface area contributed by atoms with Gasteiger partial charge in [0.2, 0.25) is 0 Å². The van der Waals surface area contributed by atoms with E-state index in [0.717, 1.165) is 154 Å². The first-order valence-electron chi connectivity index (χ1n) is 32.9. The predicted molar refractivity (Wildman–Crippen MR) is 361 cm³/mol. The Labute approximate surface area is 509 Å². The third-order valence-corrected chi connectivity index (χ3v) is 13.1. The molecule has 0 aliphatic heterocycles. The molecule has 0 N–H and O–H groups in total. The highest BCUT2D eigenvalue weighted by molar-refractivity contribution is 5.71. The molecule has 0 aromatic rings. The van der Waals surface area contributed by atoms with Gasteiger partial charge in [-0.2, -0.15) is 0 Å². The summed E-state index contributed by atoms with van der Waals surface area (Å²) >= 11 is 0. The van der Waals surface area contributed by atoms with Crippen molar-refractivity contribution in [1.29, 1.82) is 0 Å². The second-order valence-corrected chi connectivity index (χ2v) is 20.9. The van der Waals surface area contributed by atoms with Gasteiger partial charge in [0.25, 0.3) is 0 Å². The van der Waals surface area contributed by atoms with Crippen LogP contribution in [0.15, 0.2) is 194 Å². The van der Waals surface area contributed by atoms with Gasteiger partial charge in [-0.3, -0.25) is 14.4 Å². The Balaban J connectivity index is 4.54. The van der Waals surface area contributed by atoms with E-state index in [0.29, 0.717) is 19.3 Å². The van der Waals surface area contributed by atoms with E-state index in [2.05, 4.69) is 203 Å². The van der Waals surface area contributed by atoms with Crippen LogP contribution in [-0.4, -0.2) is 37.2 Å². The molecular weight excluding hydrogens is 1020 g/mol. The number of esters is 3. The topological polar surface area (TPSA) is 78.9 Å². The first-order chi connectivity index (χ1) is 41.0. The van der Waals surface area contributed by atoms with Crippen molar-refractivity contribution in [3.63, 3.8) is 0 Å². The van der Waals surface area contributed by atoms with Gasteiger partial charge >= 0.3 is 17.9 Å². The highest BCUT2D eigenvalue weighted by Gasteiger charge is 2.19. The second kappa shape index (κ2) is 68.7. The number of unbranched alkanes of at least 4 members (excludes halogenated alkanes) is 14. The van der Waals surface area contributed by atoms with Crippen LogP contribution in [0.2, 0.25) is 0 Å². The average molecular weight is 1140 g/mol. The normalized spacial score (nSPS) is 13.4. The monoisotopic (exact) mass is 1140 g/mol. The van der Waals surface area contributed by atoms with E-state index in [-0.39, 0.29) is 31.6 Å². The van der Waals surface area contributed by atoms with Crippen LogP contribution in [0.1, 0.15) is 252 Å². The lowest BCUT2D eigenvalue weighted by molar-refractivity contribution is -0.166. The largest absolute Gasteiger partial charge is 0.462 e. The van der Waals surface area contributed by atoms with Gasteiger partial charge < -0.3 is 14.2 Å². The van der Waals surface area contributed by atoms with Gasteiger partial charge in [-0.05, 0) is 154 Å². The van der Waals surface area contributed by atoms with Crippen molar-refractivity contribution < 1.29 is 28.6 Å². The van der Waals surface area contributed by atoms with Crippen LogP contribution in [0, 0.1) is 0 Å². The van der Waals surface area contributed by atoms with Crippen molar-refractivity contribution in [2.24, 2.45) is 0 Å². The van der Waals surface area contributed by atoms with Gasteiger partial charge in [0.1, 0.15) is 13.2 Å². The molecule has 1 atom stereocenters. The van der Waals surface area contributed by atoms with Crippen molar-refractivity contribution in [2.45, 2.75) is 258 Å². The Morgan fingerprint density at radius 3 is 0.807 bits per heavy atom. The minimum absolute atomic E-state index is 0.133. The van der Waals surface area contributed by atoms with E-state index in [9.17, 15) is 14.4 Å². The van der Waals surface area contributed by atoms with Crippen LogP contribution in [0.3, 0.4) is 0 Å². The van der Waals surface area contributed by atoms with Crippen molar-refractivity contribution in [3.8, 4) is 0 Å². The Bertz CT molecular complexity index is 1990. The number of hydrogen-bond donors (Lipinski definition) is 0. The molecule has 0 radical (unpaired) electrons. The zero-order chi connectivity index (χ0) is 59.9. The molecular formula is C77H118O6. The maximum atomic E-state index is 12.9. The number of carbonyl (C=O) groups is 3. The van der Waals surface area contributed by atoms with Crippen LogP contribution in [0.5, 0.6) is 0 Å². The fourth-order valence-corrected chi connectivity index (χ4v) is 8.22. The molecule has 0 spiro atoms. The molecule has 0 bridgehead atoms. The minimum Gasteiger partial charge on any atom is -0.462 e. The first kappa shape index (κ1) is 77.2. The molecule has 0 saturated heterocycles. The lowest BCUT2D eigenvalue weighted by atomic mass is 10.1. The molecule has 6 heteroatoms. The summed E-state index contributed by atoms with van der Waals surface area (Å²) in [5.41, 5.74) is 0. The summed E-state index contributed by atoms with van der Waals surface area (Å²) < 4.78 is 16.8. The molecule has 0 aliphatic rings. The van der Waals surface area contributed by atoms with Gasteiger partial charge in [-0.15, -0.1) is 0 Å². The zero-order valence-electron chi connectivity index (χ0n) is 52.9. The summed E-state index contributed by atoms with van der Waals surface area (Å²) in [6.07, 6.45) is 104. The van der Waals surface area contributed by atoms with E-state index in [4.69, 9.17) is 14.2 Å². The number of allylic oxidation sites excluding steroid dienone is 32. The van der Waals surface area contributed by atoms with E-state index >= 15 is 0 Å². The average Bonchev–Trinajstić information content (AvgIpc) is 3.49. The fraction of sp³-hybridized carbons (Fsp3) is 0.545. The molecule has 0 aromatic heterocycles. The maximum Gasteiger partial charge on any atom is 0.306 e. The van der Waals surface area contributed by atoms with E-state index < -0.39 is 12.1 Å². The molecule has 83 heavy (non-hydrogen) atoms. The molecule has 0 rings (SSSR count). The summed E-state index contributed by atoms with van der Waals surface area (Å²) in [6, 6.07) is 0. The zero-order valence-corrected chi connectivity index (χ0v) is 52.9. The number of ether oxygens (including phenoxy) is 3. The Morgan fingerprint density at radius 2 is 0.494 bits per heavy atom. The summed E-state index contributed by atoms with van der Waals surface area (Å²) in [5, 5.41) is 0. The molecule has 0 saturated carbocycles. The third kappa shape index (κ3) is 66.9. The standard InChI is InChI=1S/C77H118O6/c1-4-7-10-13-16-19-22-25-28-30-32-33-34-35-36-37-38-39-40-41-42-43-45-46-49-52-55-58-61-64-67-70-76(79)82-73-74(72-81-75(78)69-66-63-60-57-54-51-48-27-24-21-18-15-12-9-6-3)83-77(80)71-68-65-62-59-56-53-50-47-44-31-29-26-23-20-17-14-11-8-5-2/h7-8,10-11,16-17,19-20,25-29,32-33,35-36,38-39,41-42,44-48,52-53,55-56,62,65,74H,4-6,9,12-15,18,21-24,30-31,34,37,40,43,49-51,54,57-61,63-64,66-73H2,1-3H3/b10-7-,11-8-,19-16-,20-17-,28-25-,29-26-,33-32-,36-35-,39-38-,42-41-,46-45-,47-44-,48-27-,55-52-,56-53-,65-62-. The molecule has 0 amide bonds. The summed E-state index contributed by atoms with van der Waals surface area (Å²) in [5.74, 6) is -1.07. The number of rotatable bonds is 57. The molecule has 0 heterocycles. The smallest absolute Gasteiger partial charge is 0.306 e. The van der Waals surface area contributed by atoms with Crippen LogP contribution < -0.4 is 0 Å². The maximum absolute atomic E-state index is 12.9. The van der Waals surface area contributed by atoms with Gasteiger partial charge in [0, 0.05) is 19.3 Å². The van der Waals surface area contributed by atoms with E-state index in [1.165, 1.54) is 51.4 Å². The predicted octanol–water partition coefficient (Wildman–Crippen LogP) is 23.0. The van der Waals surface area contributed by atoms with Crippen LogP contribution in [0.25, 0.3) is 0 Å². The van der Waals surface area contributed by atoms with Crippen molar-refractivity contribution in [2.75, 3.05) is 13.2 Å². The first-order valence-corrected chi connectivity index (χ1v) is 32.9. The SMILES string of the molecule is CC/C=C\C/C=C\C/C=C\C/C=C\C/C=C\C/C=C\C/C=C\C/C=C\C/C=C\CCCCCC(=O)OCC(COC(=O)CCCCCCC/C=C\CCCCCCCC)OC(=O)CC/C=C\C/C=C\C/C=C\C/C=C\C/C=C\C/C=C\CC. The van der Waals surface area contributed by atoms with Crippen molar-refractivity contribution in [3.05, 3.63) is 194 Å². The summed E-state index contributed by atoms with van der Waals surface area (Å²) in [6.45, 7) is 6.30. The Morgan fingerprint density at radius 1 is 0.253 bits per heavy atom. The second-order valence-electron chi connectivity index (χ2n) is 20.9. The van der Waals surface area contributed by atoms with Crippen LogP contribution in [-0.2, 0) is 28.6 Å². The number of carbonyl (C=O) groups excluding carboxylic acids is 3. The van der Waals surface area contributed by atoms with Crippen LogP contribution >= 0.6 is 0 Å². The Hall–Kier alpha value is -5.75. The van der Waals surface area contributed by atoms with E-state index in [1.807, 2.05) is 12.2 Å². The van der Waals surface area contributed by atoms with Gasteiger partial charge in [-0.1, -0.05) is 273 Å². The lowest BCUT2D eigenvalue weighted by Gasteiger charge is -2.18. The van der Waals surface area contributed by atoms with Gasteiger partial charge in [0.15, 0.2) is 6.10 Å². The summed E-state index contributed by atoms with van der Waals surface area (Å²) in [7, 11) is 0. The summed E-state index contributed by atoms with van der Waals surface area (Å²) in [4.78, 5) is 38.3. The number of hydrogen-bond acceptors (Lipinski definition) is 6. The molecule has 1 unspecified atom stereocenters. The molecule has 6 nitrogen and oxygen atoms in total. The quantitative estimate of drug-likeness (QED) is 0.0261. The van der Waals surface area contributed by atoms with Crippen LogP contribution in [0.4, 0.5) is 0 Å². The highest BCUT2D eigenvalue weighted by Crippen LogP contribution is 2.13. The van der Waals surface area contributed by atoms with Gasteiger partial charge in [-0.25, -0.2) is 0 Å². The molecule has 462 valence electrons. The van der Waals surface area contributed by atoms with Gasteiger partial charge in [0.05, 0.1) is 0 Å². The third-order valence-electron chi connectivity index (χ3n) is 13.1. The Kier molecular flexibility index (Phi) is 64.0. The highest BCUT2D eigenvalue weighted by atomic mass is 16.6. The van der Waals surface area contributed by atoms with Crippen molar-refractivity contribution >= 4 is 17.9 Å². The minimum atomic E-state index is -0.849. The fourth-order valence-electron chi connectivity index (χ4n) is 8.22. The molecule has 0 aliphatic carbocycles. The molecule has 0 fully saturated rings.